The Bertz CT molecular complexity index is 599. The molecule has 1 heterocycles. The van der Waals surface area contributed by atoms with Crippen molar-refractivity contribution in [1.82, 2.24) is 9.97 Å². The number of rotatable bonds is 3. The molecule has 1 atom stereocenters. The first-order valence-corrected chi connectivity index (χ1v) is 6.02. The minimum atomic E-state index is -0.508. The van der Waals surface area contributed by atoms with E-state index >= 15 is 0 Å². The van der Waals surface area contributed by atoms with Crippen molar-refractivity contribution < 1.29 is 8.78 Å². The highest BCUT2D eigenvalue weighted by Gasteiger charge is 2.13. The highest BCUT2D eigenvalue weighted by Crippen LogP contribution is 2.24. The Labute approximate surface area is 110 Å². The van der Waals surface area contributed by atoms with Crippen molar-refractivity contribution in [2.24, 2.45) is 5.73 Å². The Morgan fingerprint density at radius 2 is 1.95 bits per heavy atom. The second-order valence-corrected chi connectivity index (χ2v) is 4.51. The van der Waals surface area contributed by atoms with E-state index in [1.807, 2.05) is 6.92 Å². The molecule has 0 amide bonds. The van der Waals surface area contributed by atoms with Gasteiger partial charge in [0.25, 0.3) is 0 Å². The largest absolute Gasteiger partial charge is 0.330 e. The van der Waals surface area contributed by atoms with Crippen LogP contribution < -0.4 is 5.73 Å². The fraction of sp³-hybridized carbons (Fsp3) is 0.286. The molecule has 0 aliphatic rings. The van der Waals surface area contributed by atoms with Crippen molar-refractivity contribution in [2.45, 2.75) is 19.8 Å². The van der Waals surface area contributed by atoms with Crippen LogP contribution in [0.3, 0.4) is 0 Å². The van der Waals surface area contributed by atoms with Crippen molar-refractivity contribution in [3.05, 3.63) is 47.4 Å². The summed E-state index contributed by atoms with van der Waals surface area (Å²) in [6, 6.07) is 4.93. The monoisotopic (exact) mass is 263 g/mol. The molecule has 5 heteroatoms. The maximum atomic E-state index is 13.7. The van der Waals surface area contributed by atoms with Gasteiger partial charge in [0.15, 0.2) is 0 Å². The van der Waals surface area contributed by atoms with Crippen molar-refractivity contribution in [2.75, 3.05) is 6.54 Å². The van der Waals surface area contributed by atoms with Crippen LogP contribution in [0.5, 0.6) is 0 Å². The summed E-state index contributed by atoms with van der Waals surface area (Å²) in [5.41, 5.74) is 6.79. The SMILES string of the molecule is Cc1cc(-c2cc(F)ccc2F)nc(C(C)CN)n1. The summed E-state index contributed by atoms with van der Waals surface area (Å²) in [6.07, 6.45) is 0. The number of benzene rings is 1. The predicted octanol–water partition coefficient (Wildman–Crippen LogP) is 2.79. The summed E-state index contributed by atoms with van der Waals surface area (Å²) in [4.78, 5) is 8.55. The van der Waals surface area contributed by atoms with E-state index in [-0.39, 0.29) is 11.5 Å². The average Bonchev–Trinajstić information content (AvgIpc) is 2.39. The first-order valence-electron chi connectivity index (χ1n) is 6.02. The quantitative estimate of drug-likeness (QED) is 0.926. The molecule has 100 valence electrons. The van der Waals surface area contributed by atoms with Crippen molar-refractivity contribution in [3.8, 4) is 11.3 Å². The van der Waals surface area contributed by atoms with Crippen LogP contribution in [-0.4, -0.2) is 16.5 Å². The van der Waals surface area contributed by atoms with E-state index in [4.69, 9.17) is 5.73 Å². The normalized spacial score (nSPS) is 12.5. The molecule has 1 unspecified atom stereocenters. The van der Waals surface area contributed by atoms with Gasteiger partial charge in [0.05, 0.1) is 5.69 Å². The molecule has 2 N–H and O–H groups in total. The second kappa shape index (κ2) is 5.40. The Balaban J connectivity index is 2.56. The third-order valence-electron chi connectivity index (χ3n) is 2.87. The molecule has 0 bridgehead atoms. The topological polar surface area (TPSA) is 51.8 Å². The molecule has 1 aromatic carbocycles. The molecule has 2 aromatic rings. The molecule has 0 aliphatic heterocycles. The van der Waals surface area contributed by atoms with Crippen molar-refractivity contribution in [3.63, 3.8) is 0 Å². The fourth-order valence-electron chi connectivity index (χ4n) is 1.75. The van der Waals surface area contributed by atoms with Crippen LogP contribution in [-0.2, 0) is 0 Å². The van der Waals surface area contributed by atoms with Crippen LogP contribution in [0.15, 0.2) is 24.3 Å². The van der Waals surface area contributed by atoms with Crippen LogP contribution in [0.4, 0.5) is 8.78 Å². The van der Waals surface area contributed by atoms with E-state index in [9.17, 15) is 8.78 Å². The maximum Gasteiger partial charge on any atom is 0.133 e. The lowest BCUT2D eigenvalue weighted by Crippen LogP contribution is -2.13. The number of aryl methyl sites for hydroxylation is 1. The Morgan fingerprint density at radius 3 is 2.63 bits per heavy atom. The third-order valence-corrected chi connectivity index (χ3v) is 2.87. The fourth-order valence-corrected chi connectivity index (χ4v) is 1.75. The lowest BCUT2D eigenvalue weighted by molar-refractivity contribution is 0.602. The van der Waals surface area contributed by atoms with Gasteiger partial charge in [-0.1, -0.05) is 6.92 Å². The number of halogens is 2. The standard InChI is InChI=1S/C14H15F2N3/c1-8(7-17)14-18-9(2)5-13(19-14)11-6-10(15)3-4-12(11)16/h3-6,8H,7,17H2,1-2H3. The Hall–Kier alpha value is -1.88. The van der Waals surface area contributed by atoms with Gasteiger partial charge in [-0.25, -0.2) is 18.7 Å². The van der Waals surface area contributed by atoms with Gasteiger partial charge in [-0.05, 0) is 31.2 Å². The average molecular weight is 263 g/mol. The first-order chi connectivity index (χ1) is 9.01. The minimum Gasteiger partial charge on any atom is -0.330 e. The van der Waals surface area contributed by atoms with Gasteiger partial charge in [0.2, 0.25) is 0 Å². The van der Waals surface area contributed by atoms with E-state index in [1.165, 1.54) is 0 Å². The van der Waals surface area contributed by atoms with Crippen molar-refractivity contribution in [1.29, 1.82) is 0 Å². The molecule has 0 radical (unpaired) electrons. The number of aromatic nitrogens is 2. The summed E-state index contributed by atoms with van der Waals surface area (Å²) in [5, 5.41) is 0. The summed E-state index contributed by atoms with van der Waals surface area (Å²) in [6.45, 7) is 4.07. The van der Waals surface area contributed by atoms with Gasteiger partial charge in [0.1, 0.15) is 17.5 Å². The van der Waals surface area contributed by atoms with Crippen LogP contribution in [0.2, 0.25) is 0 Å². The van der Waals surface area contributed by atoms with Crippen LogP contribution in [0.25, 0.3) is 11.3 Å². The zero-order valence-electron chi connectivity index (χ0n) is 10.8. The van der Waals surface area contributed by atoms with Gasteiger partial charge >= 0.3 is 0 Å². The molecule has 0 spiro atoms. The first kappa shape index (κ1) is 13.5. The molecule has 0 saturated heterocycles. The van der Waals surface area contributed by atoms with Gasteiger partial charge in [-0.3, -0.25) is 0 Å². The van der Waals surface area contributed by atoms with Crippen molar-refractivity contribution >= 4 is 0 Å². The van der Waals surface area contributed by atoms with Gasteiger partial charge < -0.3 is 5.73 Å². The number of nitrogens with zero attached hydrogens (tertiary/aromatic N) is 2. The lowest BCUT2D eigenvalue weighted by atomic mass is 10.1. The van der Waals surface area contributed by atoms with Gasteiger partial charge in [0, 0.05) is 23.7 Å². The molecular formula is C14H15F2N3. The lowest BCUT2D eigenvalue weighted by Gasteiger charge is -2.11. The highest BCUT2D eigenvalue weighted by molar-refractivity contribution is 5.60. The summed E-state index contributed by atoms with van der Waals surface area (Å²) >= 11 is 0. The van der Waals surface area contributed by atoms with Crippen LogP contribution >= 0.6 is 0 Å². The summed E-state index contributed by atoms with van der Waals surface area (Å²) in [7, 11) is 0. The molecule has 0 saturated carbocycles. The molecule has 0 fully saturated rings. The van der Waals surface area contributed by atoms with Crippen LogP contribution in [0, 0.1) is 18.6 Å². The summed E-state index contributed by atoms with van der Waals surface area (Å²) in [5.74, 6) is -0.497. The predicted molar refractivity (Wildman–Crippen MR) is 69.6 cm³/mol. The van der Waals surface area contributed by atoms with E-state index in [1.54, 1.807) is 13.0 Å². The zero-order valence-corrected chi connectivity index (χ0v) is 10.8. The number of nitrogens with two attached hydrogens (primary N) is 1. The van der Waals surface area contributed by atoms with E-state index < -0.39 is 11.6 Å². The van der Waals surface area contributed by atoms with E-state index in [0.717, 1.165) is 18.2 Å². The summed E-state index contributed by atoms with van der Waals surface area (Å²) < 4.78 is 27.0. The smallest absolute Gasteiger partial charge is 0.133 e. The Kier molecular flexibility index (Phi) is 3.85. The molecule has 3 nitrogen and oxygen atoms in total. The minimum absolute atomic E-state index is 0.0322. The number of hydrogen-bond acceptors (Lipinski definition) is 3. The second-order valence-electron chi connectivity index (χ2n) is 4.51. The molecule has 2 rings (SSSR count). The van der Waals surface area contributed by atoms with E-state index in [2.05, 4.69) is 9.97 Å². The van der Waals surface area contributed by atoms with Gasteiger partial charge in [-0.15, -0.1) is 0 Å². The molecular weight excluding hydrogens is 248 g/mol. The molecule has 0 aliphatic carbocycles. The zero-order chi connectivity index (χ0) is 14.0. The van der Waals surface area contributed by atoms with E-state index in [0.29, 0.717) is 23.8 Å². The molecule has 19 heavy (non-hydrogen) atoms. The molecule has 1 aromatic heterocycles. The third kappa shape index (κ3) is 2.93. The number of hydrogen-bond donors (Lipinski definition) is 1. The van der Waals surface area contributed by atoms with Crippen LogP contribution in [0.1, 0.15) is 24.4 Å². The Morgan fingerprint density at radius 1 is 1.21 bits per heavy atom. The maximum absolute atomic E-state index is 13.7. The van der Waals surface area contributed by atoms with Gasteiger partial charge in [-0.2, -0.15) is 0 Å². The highest BCUT2D eigenvalue weighted by atomic mass is 19.1.